The monoisotopic (exact) mass is 322 g/mol. The molecule has 126 valence electrons. The van der Waals surface area contributed by atoms with Gasteiger partial charge in [0.15, 0.2) is 0 Å². The summed E-state index contributed by atoms with van der Waals surface area (Å²) in [5.74, 6) is -10.7. The van der Waals surface area contributed by atoms with Crippen molar-refractivity contribution in [2.75, 3.05) is 6.61 Å². The highest BCUT2D eigenvalue weighted by molar-refractivity contribution is 5.71. The Bertz CT molecular complexity index is 320. The third-order valence-electron chi connectivity index (χ3n) is 3.16. The van der Waals surface area contributed by atoms with Gasteiger partial charge in [0.1, 0.15) is 0 Å². The Morgan fingerprint density at radius 3 is 2.14 bits per heavy atom. The molecule has 0 aromatic carbocycles. The highest BCUT2D eigenvalue weighted by Crippen LogP contribution is 2.42. The number of rotatable bonds is 10. The van der Waals surface area contributed by atoms with Crippen molar-refractivity contribution in [3.63, 3.8) is 0 Å². The number of carbonyl (C=O) groups is 1. The van der Waals surface area contributed by atoms with Gasteiger partial charge in [-0.2, -0.15) is 17.6 Å². The molecular formula is C13H20F6O2. The molecule has 1 unspecified atom stereocenters. The summed E-state index contributed by atoms with van der Waals surface area (Å²) in [5.41, 5.74) is 0. The molecule has 0 aliphatic carbocycles. The van der Waals surface area contributed by atoms with E-state index in [0.717, 1.165) is 0 Å². The van der Waals surface area contributed by atoms with Crippen molar-refractivity contribution < 1.29 is 35.9 Å². The van der Waals surface area contributed by atoms with Gasteiger partial charge in [0.25, 0.3) is 0 Å². The normalized spacial score (nSPS) is 14.3. The van der Waals surface area contributed by atoms with Crippen molar-refractivity contribution in [1.82, 2.24) is 0 Å². The van der Waals surface area contributed by atoms with E-state index in [2.05, 4.69) is 0 Å². The zero-order valence-corrected chi connectivity index (χ0v) is 12.0. The van der Waals surface area contributed by atoms with Gasteiger partial charge < -0.3 is 4.74 Å². The van der Waals surface area contributed by atoms with Crippen molar-refractivity contribution >= 4 is 5.97 Å². The number of halogens is 6. The van der Waals surface area contributed by atoms with E-state index in [1.165, 1.54) is 0 Å². The maximum absolute atomic E-state index is 12.9. The van der Waals surface area contributed by atoms with E-state index in [4.69, 9.17) is 4.74 Å². The second-order valence-corrected chi connectivity index (χ2v) is 4.92. The minimum absolute atomic E-state index is 0.0000150. The van der Waals surface area contributed by atoms with Crippen molar-refractivity contribution in [3.8, 4) is 0 Å². The second-order valence-electron chi connectivity index (χ2n) is 4.92. The molecule has 0 bridgehead atoms. The summed E-state index contributed by atoms with van der Waals surface area (Å²) < 4.78 is 79.5. The first-order valence-electron chi connectivity index (χ1n) is 6.76. The number of carbonyl (C=O) groups excluding carboxylic acids is 1. The molecule has 0 aromatic heterocycles. The van der Waals surface area contributed by atoms with Gasteiger partial charge in [0.2, 0.25) is 0 Å². The molecule has 0 saturated carbocycles. The Balaban J connectivity index is 3.93. The summed E-state index contributed by atoms with van der Waals surface area (Å²) in [6.07, 6.45) is -5.17. The van der Waals surface area contributed by atoms with Gasteiger partial charge in [0.05, 0.1) is 12.5 Å². The lowest BCUT2D eigenvalue weighted by Crippen LogP contribution is -2.46. The first kappa shape index (κ1) is 20.1. The van der Waals surface area contributed by atoms with E-state index in [0.29, 0.717) is 6.42 Å². The fraction of sp³-hybridized carbons (Fsp3) is 0.923. The average molecular weight is 322 g/mol. The van der Waals surface area contributed by atoms with Crippen LogP contribution in [0, 0.1) is 5.92 Å². The lowest BCUT2D eigenvalue weighted by atomic mass is 10.0. The molecule has 0 aromatic rings. The van der Waals surface area contributed by atoms with Crippen LogP contribution in [0.1, 0.15) is 46.0 Å². The van der Waals surface area contributed by atoms with Crippen LogP contribution >= 0.6 is 0 Å². The highest BCUT2D eigenvalue weighted by atomic mass is 19.3. The summed E-state index contributed by atoms with van der Waals surface area (Å²) in [5, 5.41) is 0. The first-order chi connectivity index (χ1) is 9.56. The Morgan fingerprint density at radius 2 is 1.67 bits per heavy atom. The van der Waals surface area contributed by atoms with Crippen molar-refractivity contribution in [2.45, 2.75) is 64.2 Å². The van der Waals surface area contributed by atoms with Crippen molar-refractivity contribution in [3.05, 3.63) is 0 Å². The Labute approximate surface area is 119 Å². The molecule has 0 saturated heterocycles. The summed E-state index contributed by atoms with van der Waals surface area (Å²) in [6, 6.07) is 0. The molecule has 0 amide bonds. The molecule has 0 aliphatic heterocycles. The summed E-state index contributed by atoms with van der Waals surface area (Å²) >= 11 is 0. The minimum atomic E-state index is -5.32. The van der Waals surface area contributed by atoms with E-state index in [-0.39, 0.29) is 31.8 Å². The van der Waals surface area contributed by atoms with Crippen LogP contribution in [0.15, 0.2) is 0 Å². The van der Waals surface area contributed by atoms with E-state index in [1.807, 2.05) is 0 Å². The quantitative estimate of drug-likeness (QED) is 0.332. The van der Waals surface area contributed by atoms with Gasteiger partial charge in [-0.25, -0.2) is 8.78 Å². The zero-order valence-electron chi connectivity index (χ0n) is 12.0. The fourth-order valence-electron chi connectivity index (χ4n) is 1.43. The number of esters is 1. The molecular weight excluding hydrogens is 302 g/mol. The first-order valence-corrected chi connectivity index (χ1v) is 6.76. The van der Waals surface area contributed by atoms with Crippen molar-refractivity contribution in [2.24, 2.45) is 5.92 Å². The molecule has 0 aliphatic rings. The van der Waals surface area contributed by atoms with Gasteiger partial charge in [0, 0.05) is 6.42 Å². The molecule has 0 spiro atoms. The van der Waals surface area contributed by atoms with Crippen molar-refractivity contribution in [1.29, 1.82) is 0 Å². The third kappa shape index (κ3) is 6.13. The fourth-order valence-corrected chi connectivity index (χ4v) is 1.43. The summed E-state index contributed by atoms with van der Waals surface area (Å²) in [7, 11) is 0. The smallest absolute Gasteiger partial charge is 0.369 e. The van der Waals surface area contributed by atoms with Gasteiger partial charge in [-0.05, 0) is 25.7 Å². The molecule has 0 radical (unpaired) electrons. The Kier molecular flexibility index (Phi) is 8.10. The number of hydrogen-bond donors (Lipinski definition) is 0. The maximum atomic E-state index is 12.9. The zero-order chi connectivity index (χ0) is 16.7. The van der Waals surface area contributed by atoms with Crippen LogP contribution < -0.4 is 0 Å². The van der Waals surface area contributed by atoms with Gasteiger partial charge in [-0.3, -0.25) is 4.79 Å². The standard InChI is InChI=1S/C13H20F6O2/c1-3-9(2)10(20)21-8-6-4-5-7-12(16,17)13(18,19)11(14)15/h9,11H,3-8H2,1-2H3. The minimum Gasteiger partial charge on any atom is -0.465 e. The molecule has 21 heavy (non-hydrogen) atoms. The third-order valence-corrected chi connectivity index (χ3v) is 3.16. The molecule has 2 nitrogen and oxygen atoms in total. The van der Waals surface area contributed by atoms with Crippen LogP contribution in [-0.4, -0.2) is 30.8 Å². The number of unbranched alkanes of at least 4 members (excludes halogenated alkanes) is 2. The second kappa shape index (κ2) is 8.48. The van der Waals surface area contributed by atoms with Gasteiger partial charge in [-0.1, -0.05) is 13.8 Å². The molecule has 0 heterocycles. The lowest BCUT2D eigenvalue weighted by molar-refractivity contribution is -0.266. The molecule has 0 N–H and O–H groups in total. The SMILES string of the molecule is CCC(C)C(=O)OCCCCCC(F)(F)C(F)(F)C(F)F. The number of hydrogen-bond acceptors (Lipinski definition) is 2. The molecule has 0 fully saturated rings. The van der Waals surface area contributed by atoms with Crippen LogP contribution in [0.5, 0.6) is 0 Å². The maximum Gasteiger partial charge on any atom is 0.369 e. The van der Waals surface area contributed by atoms with E-state index < -0.39 is 30.7 Å². The van der Waals surface area contributed by atoms with Gasteiger partial charge >= 0.3 is 24.2 Å². The largest absolute Gasteiger partial charge is 0.465 e. The molecule has 8 heteroatoms. The topological polar surface area (TPSA) is 26.3 Å². The lowest BCUT2D eigenvalue weighted by Gasteiger charge is -2.25. The predicted molar refractivity (Wildman–Crippen MR) is 64.8 cm³/mol. The van der Waals surface area contributed by atoms with Crippen LogP contribution in [0.3, 0.4) is 0 Å². The van der Waals surface area contributed by atoms with E-state index in [1.54, 1.807) is 13.8 Å². The molecule has 1 atom stereocenters. The summed E-state index contributed by atoms with van der Waals surface area (Å²) in [4.78, 5) is 11.2. The van der Waals surface area contributed by atoms with E-state index in [9.17, 15) is 31.1 Å². The Hall–Kier alpha value is -0.950. The predicted octanol–water partition coefficient (Wildman–Crippen LogP) is 4.67. The van der Waals surface area contributed by atoms with Gasteiger partial charge in [-0.15, -0.1) is 0 Å². The average Bonchev–Trinajstić information content (AvgIpc) is 2.40. The van der Waals surface area contributed by atoms with Crippen LogP contribution in [-0.2, 0) is 9.53 Å². The van der Waals surface area contributed by atoms with Crippen LogP contribution in [0.25, 0.3) is 0 Å². The molecule has 0 rings (SSSR count). The van der Waals surface area contributed by atoms with E-state index >= 15 is 0 Å². The van der Waals surface area contributed by atoms with Crippen LogP contribution in [0.4, 0.5) is 26.3 Å². The summed E-state index contributed by atoms with van der Waals surface area (Å²) in [6.45, 7) is 3.48. The Morgan fingerprint density at radius 1 is 1.10 bits per heavy atom. The highest BCUT2D eigenvalue weighted by Gasteiger charge is 2.61. The number of alkyl halides is 6. The van der Waals surface area contributed by atoms with Crippen LogP contribution in [0.2, 0.25) is 0 Å². The number of ether oxygens (including phenoxy) is 1.